The molecule has 108 valence electrons. The molecule has 0 unspecified atom stereocenters. The fourth-order valence-electron chi connectivity index (χ4n) is 2.25. The van der Waals surface area contributed by atoms with Crippen LogP contribution in [0.2, 0.25) is 5.02 Å². The lowest BCUT2D eigenvalue weighted by molar-refractivity contribution is 0.569. The molecule has 0 fully saturated rings. The van der Waals surface area contributed by atoms with E-state index in [9.17, 15) is 0 Å². The second-order valence-corrected chi connectivity index (χ2v) is 6.35. The lowest BCUT2D eigenvalue weighted by atomic mass is 10.1. The average molecular weight is 365 g/mol. The lowest BCUT2D eigenvalue weighted by Crippen LogP contribution is -2.18. The van der Waals surface area contributed by atoms with Crippen LogP contribution in [0.25, 0.3) is 5.65 Å². The molecule has 0 aliphatic rings. The van der Waals surface area contributed by atoms with Gasteiger partial charge in [-0.15, -0.1) is 0 Å². The van der Waals surface area contributed by atoms with Gasteiger partial charge in [-0.1, -0.05) is 39.7 Å². The van der Waals surface area contributed by atoms with Gasteiger partial charge in [-0.05, 0) is 36.8 Å². The molecule has 5 heteroatoms. The Labute approximate surface area is 137 Å². The second kappa shape index (κ2) is 6.18. The smallest absolute Gasteiger partial charge is 0.137 e. The SMILES string of the molecule is C[C@@H](NCc1cn2cc(Cl)ccc2n1)c1cccc(Br)c1. The number of pyridine rings is 1. The van der Waals surface area contributed by atoms with Gasteiger partial charge in [-0.25, -0.2) is 4.98 Å². The number of aromatic nitrogens is 2. The zero-order valence-corrected chi connectivity index (χ0v) is 13.9. The molecule has 2 aromatic heterocycles. The molecule has 0 radical (unpaired) electrons. The third-order valence-electron chi connectivity index (χ3n) is 3.40. The highest BCUT2D eigenvalue weighted by Gasteiger charge is 2.07. The zero-order valence-electron chi connectivity index (χ0n) is 11.6. The predicted molar refractivity (Wildman–Crippen MR) is 89.6 cm³/mol. The minimum absolute atomic E-state index is 0.260. The lowest BCUT2D eigenvalue weighted by Gasteiger charge is -2.13. The summed E-state index contributed by atoms with van der Waals surface area (Å²) in [6.07, 6.45) is 3.87. The first-order valence-electron chi connectivity index (χ1n) is 6.74. The van der Waals surface area contributed by atoms with Gasteiger partial charge in [0.05, 0.1) is 10.7 Å². The summed E-state index contributed by atoms with van der Waals surface area (Å²) in [7, 11) is 0. The van der Waals surface area contributed by atoms with Crippen molar-refractivity contribution in [2.24, 2.45) is 0 Å². The van der Waals surface area contributed by atoms with E-state index in [1.807, 2.05) is 41.1 Å². The standard InChI is InChI=1S/C16H15BrClN3/c1-11(12-3-2-4-13(17)7-12)19-8-15-10-21-9-14(18)5-6-16(21)20-15/h2-7,9-11,19H,8H2,1H3/t11-/m1/s1. The van der Waals surface area contributed by atoms with Gasteiger partial charge in [0, 0.05) is 29.5 Å². The summed E-state index contributed by atoms with van der Waals surface area (Å²) in [5.41, 5.74) is 3.15. The Morgan fingerprint density at radius 1 is 1.29 bits per heavy atom. The molecule has 0 saturated carbocycles. The summed E-state index contributed by atoms with van der Waals surface area (Å²) in [6, 6.07) is 12.4. The number of nitrogens with zero attached hydrogens (tertiary/aromatic N) is 2. The van der Waals surface area contributed by atoms with Crippen LogP contribution in [0.1, 0.15) is 24.2 Å². The number of fused-ring (bicyclic) bond motifs is 1. The number of hydrogen-bond acceptors (Lipinski definition) is 2. The molecular weight excluding hydrogens is 350 g/mol. The molecule has 0 aliphatic heterocycles. The van der Waals surface area contributed by atoms with Gasteiger partial charge >= 0.3 is 0 Å². The van der Waals surface area contributed by atoms with Crippen LogP contribution >= 0.6 is 27.5 Å². The van der Waals surface area contributed by atoms with Crippen LogP contribution in [0.5, 0.6) is 0 Å². The molecule has 1 aromatic carbocycles. The number of hydrogen-bond donors (Lipinski definition) is 1. The van der Waals surface area contributed by atoms with E-state index in [1.165, 1.54) is 5.56 Å². The van der Waals surface area contributed by atoms with Crippen LogP contribution < -0.4 is 5.32 Å². The first-order chi connectivity index (χ1) is 10.1. The fourth-order valence-corrected chi connectivity index (χ4v) is 2.84. The van der Waals surface area contributed by atoms with E-state index in [4.69, 9.17) is 11.6 Å². The highest BCUT2D eigenvalue weighted by atomic mass is 79.9. The zero-order chi connectivity index (χ0) is 14.8. The van der Waals surface area contributed by atoms with Gasteiger partial charge in [0.15, 0.2) is 0 Å². The van der Waals surface area contributed by atoms with Crippen molar-refractivity contribution in [1.82, 2.24) is 14.7 Å². The molecule has 0 amide bonds. The van der Waals surface area contributed by atoms with Crippen LogP contribution in [-0.2, 0) is 6.54 Å². The van der Waals surface area contributed by atoms with E-state index in [0.29, 0.717) is 11.6 Å². The van der Waals surface area contributed by atoms with Crippen molar-refractivity contribution in [2.45, 2.75) is 19.5 Å². The van der Waals surface area contributed by atoms with Crippen molar-refractivity contribution < 1.29 is 0 Å². The largest absolute Gasteiger partial charge is 0.305 e. The van der Waals surface area contributed by atoms with Crippen molar-refractivity contribution in [1.29, 1.82) is 0 Å². The molecule has 2 heterocycles. The Morgan fingerprint density at radius 3 is 2.95 bits per heavy atom. The second-order valence-electron chi connectivity index (χ2n) is 5.00. The minimum atomic E-state index is 0.260. The Balaban J connectivity index is 1.71. The van der Waals surface area contributed by atoms with Crippen LogP contribution in [0.3, 0.4) is 0 Å². The normalized spacial score (nSPS) is 12.7. The predicted octanol–water partition coefficient (Wildman–Crippen LogP) is 4.60. The maximum absolute atomic E-state index is 5.98. The molecule has 0 spiro atoms. The molecule has 1 atom stereocenters. The molecule has 3 aromatic rings. The van der Waals surface area contributed by atoms with Crippen LogP contribution in [0.15, 0.2) is 53.3 Å². The third-order valence-corrected chi connectivity index (χ3v) is 4.12. The summed E-state index contributed by atoms with van der Waals surface area (Å²) >= 11 is 9.48. The highest BCUT2D eigenvalue weighted by molar-refractivity contribution is 9.10. The van der Waals surface area contributed by atoms with Crippen LogP contribution in [0.4, 0.5) is 0 Å². The van der Waals surface area contributed by atoms with Gasteiger partial charge in [0.2, 0.25) is 0 Å². The molecule has 3 nitrogen and oxygen atoms in total. The topological polar surface area (TPSA) is 29.3 Å². The Morgan fingerprint density at radius 2 is 2.14 bits per heavy atom. The summed E-state index contributed by atoms with van der Waals surface area (Å²) in [6.45, 7) is 2.86. The molecule has 0 saturated heterocycles. The van der Waals surface area contributed by atoms with E-state index in [1.54, 1.807) is 0 Å². The number of nitrogens with one attached hydrogen (secondary N) is 1. The molecule has 1 N–H and O–H groups in total. The molecule has 0 bridgehead atoms. The van der Waals surface area contributed by atoms with Gasteiger partial charge in [0.1, 0.15) is 5.65 Å². The molecular formula is C16H15BrClN3. The van der Waals surface area contributed by atoms with E-state index in [0.717, 1.165) is 15.8 Å². The van der Waals surface area contributed by atoms with Crippen molar-refractivity contribution in [3.05, 3.63) is 69.5 Å². The van der Waals surface area contributed by atoms with Crippen LogP contribution in [0, 0.1) is 0 Å². The maximum atomic E-state index is 5.98. The number of halogens is 2. The minimum Gasteiger partial charge on any atom is -0.305 e. The Bertz CT molecular complexity index is 769. The van der Waals surface area contributed by atoms with Crippen molar-refractivity contribution in [3.63, 3.8) is 0 Å². The van der Waals surface area contributed by atoms with Crippen molar-refractivity contribution in [3.8, 4) is 0 Å². The van der Waals surface area contributed by atoms with Crippen molar-refractivity contribution >= 4 is 33.2 Å². The van der Waals surface area contributed by atoms with E-state index >= 15 is 0 Å². The number of benzene rings is 1. The fraction of sp³-hybridized carbons (Fsp3) is 0.188. The Hall–Kier alpha value is -1.36. The molecule has 0 aliphatic carbocycles. The van der Waals surface area contributed by atoms with Gasteiger partial charge in [-0.2, -0.15) is 0 Å². The molecule has 21 heavy (non-hydrogen) atoms. The quantitative estimate of drug-likeness (QED) is 0.733. The summed E-state index contributed by atoms with van der Waals surface area (Å²) in [4.78, 5) is 4.57. The first-order valence-corrected chi connectivity index (χ1v) is 7.91. The van der Waals surface area contributed by atoms with Crippen molar-refractivity contribution in [2.75, 3.05) is 0 Å². The monoisotopic (exact) mass is 363 g/mol. The number of rotatable bonds is 4. The summed E-state index contributed by atoms with van der Waals surface area (Å²) in [5, 5.41) is 4.20. The van der Waals surface area contributed by atoms with Crippen LogP contribution in [-0.4, -0.2) is 9.38 Å². The van der Waals surface area contributed by atoms with E-state index in [-0.39, 0.29) is 6.04 Å². The van der Waals surface area contributed by atoms with Gasteiger partial charge < -0.3 is 9.72 Å². The highest BCUT2D eigenvalue weighted by Crippen LogP contribution is 2.18. The number of imidazole rings is 1. The maximum Gasteiger partial charge on any atom is 0.137 e. The Kier molecular flexibility index (Phi) is 4.29. The van der Waals surface area contributed by atoms with E-state index < -0.39 is 0 Å². The first kappa shape index (κ1) is 14.6. The summed E-state index contributed by atoms with van der Waals surface area (Å²) < 4.78 is 3.04. The summed E-state index contributed by atoms with van der Waals surface area (Å²) in [5.74, 6) is 0. The van der Waals surface area contributed by atoms with Gasteiger partial charge in [0.25, 0.3) is 0 Å². The molecule has 3 rings (SSSR count). The van der Waals surface area contributed by atoms with E-state index in [2.05, 4.69) is 45.3 Å². The third kappa shape index (κ3) is 3.46. The average Bonchev–Trinajstić information content (AvgIpc) is 2.86. The van der Waals surface area contributed by atoms with Gasteiger partial charge in [-0.3, -0.25) is 0 Å².